The number of alkyl halides is 3. The molecule has 0 saturated carbocycles. The number of hydrogen-bond acceptors (Lipinski definition) is 3. The van der Waals surface area contributed by atoms with Crippen molar-refractivity contribution in [2.75, 3.05) is 5.32 Å². The molecule has 0 unspecified atom stereocenters. The number of aliphatic imine (C=N–C) groups is 1. The van der Waals surface area contributed by atoms with Crippen LogP contribution in [-0.4, -0.2) is 12.0 Å². The van der Waals surface area contributed by atoms with Crippen molar-refractivity contribution in [3.63, 3.8) is 0 Å². The van der Waals surface area contributed by atoms with E-state index in [1.165, 1.54) is 36.6 Å². The Hall–Kier alpha value is -2.64. The number of allylic oxidation sites excluding steroid dienone is 4. The molecule has 0 aliphatic heterocycles. The first-order chi connectivity index (χ1) is 12.6. The van der Waals surface area contributed by atoms with Crippen LogP contribution in [0, 0.1) is 0 Å². The van der Waals surface area contributed by atoms with Crippen LogP contribution in [0.4, 0.5) is 18.9 Å². The van der Waals surface area contributed by atoms with Crippen molar-refractivity contribution < 1.29 is 13.2 Å². The van der Waals surface area contributed by atoms with Gasteiger partial charge in [0.15, 0.2) is 0 Å². The van der Waals surface area contributed by atoms with Gasteiger partial charge in [0, 0.05) is 27.4 Å². The Morgan fingerprint density at radius 3 is 2.26 bits per heavy atom. The van der Waals surface area contributed by atoms with Gasteiger partial charge < -0.3 is 16.8 Å². The summed E-state index contributed by atoms with van der Waals surface area (Å²) >= 11 is 11.8. The standard InChI is InChI=1S/C18H17Cl2F3N4/c1-3-4-12(5-6-24)11(2)26-17(10-16(25)18(21,22)23)27-15-8-13(19)7-14(20)9-15/h3-10H,1-2,24-25H2,(H,26,27)/b6-5-,12-4+,16-10-. The Bertz CT molecular complexity index is 817. The fraction of sp³-hybridized carbons (Fsp3) is 0.0556. The summed E-state index contributed by atoms with van der Waals surface area (Å²) in [4.78, 5) is 4.07. The Kier molecular flexibility index (Phi) is 8.21. The second-order valence-electron chi connectivity index (χ2n) is 5.04. The molecule has 0 bridgehead atoms. The molecule has 5 N–H and O–H groups in total. The van der Waals surface area contributed by atoms with Gasteiger partial charge in [-0.15, -0.1) is 0 Å². The summed E-state index contributed by atoms with van der Waals surface area (Å²) in [6.07, 6.45) is 1.61. The van der Waals surface area contributed by atoms with E-state index in [0.717, 1.165) is 0 Å². The molecule has 1 rings (SSSR count). The van der Waals surface area contributed by atoms with E-state index in [1.807, 2.05) is 0 Å². The van der Waals surface area contributed by atoms with Crippen LogP contribution < -0.4 is 16.8 Å². The first-order valence-corrected chi connectivity index (χ1v) is 8.09. The van der Waals surface area contributed by atoms with E-state index in [-0.39, 0.29) is 21.6 Å². The van der Waals surface area contributed by atoms with Crippen molar-refractivity contribution in [2.45, 2.75) is 6.18 Å². The Morgan fingerprint density at radius 2 is 1.78 bits per heavy atom. The maximum atomic E-state index is 12.8. The second-order valence-corrected chi connectivity index (χ2v) is 5.91. The molecule has 27 heavy (non-hydrogen) atoms. The average Bonchev–Trinajstić information content (AvgIpc) is 2.52. The lowest BCUT2D eigenvalue weighted by Crippen LogP contribution is -2.22. The minimum absolute atomic E-state index is 0.124. The van der Waals surface area contributed by atoms with Crippen molar-refractivity contribution in [3.05, 3.63) is 88.9 Å². The summed E-state index contributed by atoms with van der Waals surface area (Å²) in [5.41, 5.74) is 9.98. The van der Waals surface area contributed by atoms with Crippen molar-refractivity contribution in [1.29, 1.82) is 0 Å². The van der Waals surface area contributed by atoms with Gasteiger partial charge in [0.1, 0.15) is 11.5 Å². The molecule has 0 radical (unpaired) electrons. The average molecular weight is 417 g/mol. The van der Waals surface area contributed by atoms with E-state index in [0.29, 0.717) is 17.3 Å². The van der Waals surface area contributed by atoms with Crippen molar-refractivity contribution in [1.82, 2.24) is 0 Å². The van der Waals surface area contributed by atoms with E-state index in [2.05, 4.69) is 23.5 Å². The SMILES string of the molecule is C=C/C=C(\C=C/N)C(=C)N=C(/C=C(\N)C(F)(F)F)Nc1cc(Cl)cc(Cl)c1. The van der Waals surface area contributed by atoms with Crippen LogP contribution in [0.5, 0.6) is 0 Å². The zero-order valence-corrected chi connectivity index (χ0v) is 15.5. The van der Waals surface area contributed by atoms with Gasteiger partial charge in [-0.1, -0.05) is 48.5 Å². The maximum Gasteiger partial charge on any atom is 0.430 e. The number of nitrogens with one attached hydrogen (secondary N) is 1. The number of nitrogens with zero attached hydrogens (tertiary/aromatic N) is 1. The summed E-state index contributed by atoms with van der Waals surface area (Å²) in [5.74, 6) is -0.228. The van der Waals surface area contributed by atoms with Gasteiger partial charge in [-0.05, 0) is 30.5 Å². The molecule has 9 heteroatoms. The second kappa shape index (κ2) is 9.89. The normalized spacial score (nSPS) is 13.7. The first-order valence-electron chi connectivity index (χ1n) is 7.33. The summed E-state index contributed by atoms with van der Waals surface area (Å²) in [6, 6.07) is 4.40. The maximum absolute atomic E-state index is 12.8. The predicted octanol–water partition coefficient (Wildman–Crippen LogP) is 5.31. The molecule has 0 amide bonds. The zero-order valence-electron chi connectivity index (χ0n) is 14.0. The summed E-state index contributed by atoms with van der Waals surface area (Å²) < 4.78 is 38.5. The molecule has 0 saturated heterocycles. The molecule has 0 aliphatic carbocycles. The Morgan fingerprint density at radius 1 is 1.19 bits per heavy atom. The minimum Gasteiger partial charge on any atom is -0.405 e. The van der Waals surface area contributed by atoms with Crippen LogP contribution in [0.1, 0.15) is 0 Å². The molecule has 0 heterocycles. The highest BCUT2D eigenvalue weighted by Gasteiger charge is 2.31. The monoisotopic (exact) mass is 416 g/mol. The lowest BCUT2D eigenvalue weighted by atomic mass is 10.2. The summed E-state index contributed by atoms with van der Waals surface area (Å²) in [5, 5.41) is 3.26. The van der Waals surface area contributed by atoms with Crippen molar-refractivity contribution in [2.24, 2.45) is 16.5 Å². The molecule has 0 aromatic heterocycles. The fourth-order valence-corrected chi connectivity index (χ4v) is 2.31. The summed E-state index contributed by atoms with van der Waals surface area (Å²) in [7, 11) is 0. The van der Waals surface area contributed by atoms with Gasteiger partial charge in [-0.25, -0.2) is 4.99 Å². The molecule has 1 aromatic carbocycles. The van der Waals surface area contributed by atoms with Gasteiger partial charge in [-0.2, -0.15) is 13.2 Å². The lowest BCUT2D eigenvalue weighted by Gasteiger charge is -2.12. The Balaban J connectivity index is 3.38. The van der Waals surface area contributed by atoms with Crippen LogP contribution in [0.3, 0.4) is 0 Å². The number of benzene rings is 1. The third-order valence-corrected chi connectivity index (χ3v) is 3.35. The summed E-state index contributed by atoms with van der Waals surface area (Å²) in [6.45, 7) is 7.27. The predicted molar refractivity (Wildman–Crippen MR) is 107 cm³/mol. The van der Waals surface area contributed by atoms with Crippen molar-refractivity contribution >= 4 is 34.7 Å². The number of nitrogens with two attached hydrogens (primary N) is 2. The van der Waals surface area contributed by atoms with Gasteiger partial charge in [0.05, 0.1) is 5.70 Å². The smallest absolute Gasteiger partial charge is 0.405 e. The molecule has 0 aliphatic rings. The van der Waals surface area contributed by atoms with Gasteiger partial charge >= 0.3 is 6.18 Å². The highest BCUT2D eigenvalue weighted by molar-refractivity contribution is 6.35. The topological polar surface area (TPSA) is 76.4 Å². The Labute approximate surface area is 165 Å². The van der Waals surface area contributed by atoms with Gasteiger partial charge in [-0.3, -0.25) is 0 Å². The van der Waals surface area contributed by atoms with E-state index in [9.17, 15) is 13.2 Å². The molecular weight excluding hydrogens is 400 g/mol. The molecule has 0 fully saturated rings. The zero-order chi connectivity index (χ0) is 20.6. The molecule has 0 spiro atoms. The number of rotatable bonds is 6. The highest BCUT2D eigenvalue weighted by Crippen LogP contribution is 2.25. The molecule has 144 valence electrons. The first kappa shape index (κ1) is 22.4. The third-order valence-electron chi connectivity index (χ3n) is 2.92. The molecule has 4 nitrogen and oxygen atoms in total. The highest BCUT2D eigenvalue weighted by atomic mass is 35.5. The number of halogens is 5. The molecule has 1 aromatic rings. The van der Waals surface area contributed by atoms with Crippen molar-refractivity contribution in [3.8, 4) is 0 Å². The van der Waals surface area contributed by atoms with Gasteiger partial charge in [0.2, 0.25) is 0 Å². The lowest BCUT2D eigenvalue weighted by molar-refractivity contribution is -0.0925. The van der Waals surface area contributed by atoms with Crippen LogP contribution in [0.25, 0.3) is 0 Å². The van der Waals surface area contributed by atoms with E-state index in [1.54, 1.807) is 6.08 Å². The van der Waals surface area contributed by atoms with Crippen LogP contribution in [0.2, 0.25) is 10.0 Å². The van der Waals surface area contributed by atoms with E-state index in [4.69, 9.17) is 34.7 Å². The fourth-order valence-electron chi connectivity index (χ4n) is 1.79. The van der Waals surface area contributed by atoms with E-state index < -0.39 is 11.9 Å². The van der Waals surface area contributed by atoms with Gasteiger partial charge in [0.25, 0.3) is 0 Å². The largest absolute Gasteiger partial charge is 0.430 e. The third kappa shape index (κ3) is 7.64. The number of anilines is 1. The van der Waals surface area contributed by atoms with Crippen LogP contribution in [-0.2, 0) is 0 Å². The molecular formula is C18H17Cl2F3N4. The minimum atomic E-state index is -4.73. The quantitative estimate of drug-likeness (QED) is 0.334. The number of amidine groups is 1. The van der Waals surface area contributed by atoms with Crippen LogP contribution in [0.15, 0.2) is 83.8 Å². The van der Waals surface area contributed by atoms with Crippen LogP contribution >= 0.6 is 23.2 Å². The molecule has 0 atom stereocenters. The van der Waals surface area contributed by atoms with E-state index >= 15 is 0 Å². The number of hydrogen-bond donors (Lipinski definition) is 3.